The minimum atomic E-state index is -0.0816. The number of ether oxygens (including phenoxy) is 1. The zero-order chi connectivity index (χ0) is 19.2. The van der Waals surface area contributed by atoms with Gasteiger partial charge >= 0.3 is 0 Å². The summed E-state index contributed by atoms with van der Waals surface area (Å²) in [6.45, 7) is 1.56. The largest absolute Gasteiger partial charge is 0.497 e. The number of benzene rings is 2. The Morgan fingerprint density at radius 1 is 1.15 bits per heavy atom. The molecule has 0 aromatic heterocycles. The number of hydrogen-bond donors (Lipinski definition) is 1. The predicted molar refractivity (Wildman–Crippen MR) is 105 cm³/mol. The first kappa shape index (κ1) is 19.2. The molecular weight excluding hydrogens is 364 g/mol. The first-order valence-corrected chi connectivity index (χ1v) is 9.40. The number of nitrogens with zero attached hydrogens (tertiary/aromatic N) is 1. The third-order valence-corrected chi connectivity index (χ3v) is 5.25. The van der Waals surface area contributed by atoms with Gasteiger partial charge in [0, 0.05) is 36.1 Å². The Hall–Kier alpha value is -2.53. The number of carbonyl (C=O) groups is 2. The summed E-state index contributed by atoms with van der Waals surface area (Å²) >= 11 is 6.12. The highest BCUT2D eigenvalue weighted by Crippen LogP contribution is 2.21. The van der Waals surface area contributed by atoms with Crippen LogP contribution >= 0.6 is 11.6 Å². The van der Waals surface area contributed by atoms with E-state index in [2.05, 4.69) is 5.32 Å². The van der Waals surface area contributed by atoms with E-state index in [-0.39, 0.29) is 17.7 Å². The number of rotatable bonds is 5. The number of piperidine rings is 1. The van der Waals surface area contributed by atoms with Crippen LogP contribution in [-0.2, 0) is 11.3 Å². The molecular formula is C21H23ClN2O3. The van der Waals surface area contributed by atoms with Crippen LogP contribution in [0.1, 0.15) is 28.8 Å². The fourth-order valence-corrected chi connectivity index (χ4v) is 3.45. The van der Waals surface area contributed by atoms with Gasteiger partial charge in [0.15, 0.2) is 0 Å². The minimum Gasteiger partial charge on any atom is -0.497 e. The topological polar surface area (TPSA) is 58.6 Å². The molecule has 0 radical (unpaired) electrons. The Kier molecular flexibility index (Phi) is 6.35. The van der Waals surface area contributed by atoms with Crippen molar-refractivity contribution >= 4 is 23.4 Å². The summed E-state index contributed by atoms with van der Waals surface area (Å²) in [6.07, 6.45) is 1.31. The van der Waals surface area contributed by atoms with Crippen molar-refractivity contribution in [2.75, 3.05) is 20.2 Å². The number of likely N-dealkylation sites (tertiary alicyclic amines) is 1. The molecule has 1 N–H and O–H groups in total. The lowest BCUT2D eigenvalue weighted by molar-refractivity contribution is -0.126. The Morgan fingerprint density at radius 2 is 1.89 bits per heavy atom. The molecule has 5 nitrogen and oxygen atoms in total. The second-order valence-corrected chi connectivity index (χ2v) is 7.01. The van der Waals surface area contributed by atoms with Crippen molar-refractivity contribution in [3.63, 3.8) is 0 Å². The van der Waals surface area contributed by atoms with Crippen LogP contribution in [0.3, 0.4) is 0 Å². The molecule has 1 saturated heterocycles. The maximum Gasteiger partial charge on any atom is 0.253 e. The Bertz CT molecular complexity index is 817. The Labute approximate surface area is 164 Å². The van der Waals surface area contributed by atoms with Gasteiger partial charge in [0.05, 0.1) is 7.11 Å². The van der Waals surface area contributed by atoms with Crippen LogP contribution in [0.15, 0.2) is 48.5 Å². The van der Waals surface area contributed by atoms with E-state index in [1.807, 2.05) is 30.3 Å². The van der Waals surface area contributed by atoms with E-state index in [0.717, 1.165) is 5.56 Å². The average molecular weight is 387 g/mol. The lowest BCUT2D eigenvalue weighted by Crippen LogP contribution is -2.42. The van der Waals surface area contributed by atoms with Crippen LogP contribution in [-0.4, -0.2) is 36.9 Å². The predicted octanol–water partition coefficient (Wildman–Crippen LogP) is 3.52. The first-order chi connectivity index (χ1) is 13.1. The molecule has 2 amide bonds. The van der Waals surface area contributed by atoms with Gasteiger partial charge in [-0.05, 0) is 42.7 Å². The molecule has 1 aliphatic rings. The Morgan fingerprint density at radius 3 is 2.59 bits per heavy atom. The summed E-state index contributed by atoms with van der Waals surface area (Å²) in [5, 5.41) is 3.61. The summed E-state index contributed by atoms with van der Waals surface area (Å²) in [7, 11) is 1.58. The lowest BCUT2D eigenvalue weighted by Gasteiger charge is -2.31. The van der Waals surface area contributed by atoms with E-state index < -0.39 is 0 Å². The summed E-state index contributed by atoms with van der Waals surface area (Å²) in [6, 6.07) is 14.6. The highest BCUT2D eigenvalue weighted by atomic mass is 35.5. The first-order valence-electron chi connectivity index (χ1n) is 9.03. The summed E-state index contributed by atoms with van der Waals surface area (Å²) in [4.78, 5) is 26.9. The fraction of sp³-hybridized carbons (Fsp3) is 0.333. The van der Waals surface area contributed by atoms with Crippen LogP contribution in [0.25, 0.3) is 0 Å². The molecule has 3 rings (SSSR count). The van der Waals surface area contributed by atoms with Crippen molar-refractivity contribution in [3.05, 3.63) is 64.7 Å². The monoisotopic (exact) mass is 386 g/mol. The molecule has 1 fully saturated rings. The fourth-order valence-electron chi connectivity index (χ4n) is 3.25. The van der Waals surface area contributed by atoms with Gasteiger partial charge in [0.2, 0.25) is 5.91 Å². The third kappa shape index (κ3) is 4.80. The average Bonchev–Trinajstić information content (AvgIpc) is 2.72. The van der Waals surface area contributed by atoms with E-state index in [1.54, 1.807) is 30.2 Å². The van der Waals surface area contributed by atoms with Crippen molar-refractivity contribution < 1.29 is 14.3 Å². The molecule has 0 unspecified atom stereocenters. The van der Waals surface area contributed by atoms with E-state index in [0.29, 0.717) is 48.8 Å². The normalized spacial score (nSPS) is 14.7. The van der Waals surface area contributed by atoms with E-state index in [9.17, 15) is 9.59 Å². The van der Waals surface area contributed by atoms with Crippen molar-refractivity contribution in [2.45, 2.75) is 19.4 Å². The van der Waals surface area contributed by atoms with Crippen molar-refractivity contribution in [1.29, 1.82) is 0 Å². The zero-order valence-corrected chi connectivity index (χ0v) is 16.0. The van der Waals surface area contributed by atoms with E-state index >= 15 is 0 Å². The van der Waals surface area contributed by atoms with Crippen molar-refractivity contribution in [3.8, 4) is 5.75 Å². The molecule has 27 heavy (non-hydrogen) atoms. The summed E-state index contributed by atoms with van der Waals surface area (Å²) in [5.74, 6) is 0.573. The van der Waals surface area contributed by atoms with E-state index in [4.69, 9.17) is 16.3 Å². The maximum absolute atomic E-state index is 12.6. The van der Waals surface area contributed by atoms with Crippen LogP contribution in [0.4, 0.5) is 0 Å². The molecule has 0 atom stereocenters. The quantitative estimate of drug-likeness (QED) is 0.855. The molecule has 2 aromatic rings. The molecule has 1 heterocycles. The van der Waals surface area contributed by atoms with Crippen LogP contribution in [0.2, 0.25) is 5.02 Å². The van der Waals surface area contributed by atoms with Crippen LogP contribution in [0.5, 0.6) is 5.75 Å². The van der Waals surface area contributed by atoms with Gasteiger partial charge in [-0.1, -0.05) is 35.9 Å². The molecule has 142 valence electrons. The number of carbonyl (C=O) groups excluding carboxylic acids is 2. The number of methoxy groups -OCH3 is 1. The SMILES string of the molecule is COc1cccc(C(=O)N2CCC(C(=O)NCc3ccccc3Cl)CC2)c1. The highest BCUT2D eigenvalue weighted by Gasteiger charge is 2.27. The third-order valence-electron chi connectivity index (χ3n) is 4.88. The molecule has 0 saturated carbocycles. The second-order valence-electron chi connectivity index (χ2n) is 6.61. The summed E-state index contributed by atoms with van der Waals surface area (Å²) < 4.78 is 5.18. The van der Waals surface area contributed by atoms with Gasteiger partial charge < -0.3 is 15.0 Å². The molecule has 0 bridgehead atoms. The van der Waals surface area contributed by atoms with Gasteiger partial charge in [-0.3, -0.25) is 9.59 Å². The van der Waals surface area contributed by atoms with Crippen LogP contribution in [0, 0.1) is 5.92 Å². The zero-order valence-electron chi connectivity index (χ0n) is 15.3. The number of halogens is 1. The molecule has 2 aromatic carbocycles. The van der Waals surface area contributed by atoms with Gasteiger partial charge in [-0.15, -0.1) is 0 Å². The van der Waals surface area contributed by atoms with Crippen molar-refractivity contribution in [2.24, 2.45) is 5.92 Å². The van der Waals surface area contributed by atoms with Crippen molar-refractivity contribution in [1.82, 2.24) is 10.2 Å². The van der Waals surface area contributed by atoms with Gasteiger partial charge in [-0.25, -0.2) is 0 Å². The smallest absolute Gasteiger partial charge is 0.253 e. The van der Waals surface area contributed by atoms with Crippen LogP contribution < -0.4 is 10.1 Å². The molecule has 0 aliphatic carbocycles. The van der Waals surface area contributed by atoms with Gasteiger partial charge in [-0.2, -0.15) is 0 Å². The van der Waals surface area contributed by atoms with Gasteiger partial charge in [0.1, 0.15) is 5.75 Å². The molecule has 0 spiro atoms. The highest BCUT2D eigenvalue weighted by molar-refractivity contribution is 6.31. The summed E-state index contributed by atoms with van der Waals surface area (Å²) in [5.41, 5.74) is 1.51. The Balaban J connectivity index is 1.51. The standard InChI is InChI=1S/C21H23ClN2O3/c1-27-18-7-4-6-16(13-18)21(26)24-11-9-15(10-12-24)20(25)23-14-17-5-2-3-8-19(17)22/h2-8,13,15H,9-12,14H2,1H3,(H,23,25). The number of hydrogen-bond acceptors (Lipinski definition) is 3. The number of amides is 2. The molecule has 1 aliphatic heterocycles. The maximum atomic E-state index is 12.6. The lowest BCUT2D eigenvalue weighted by atomic mass is 9.95. The number of nitrogens with one attached hydrogen (secondary N) is 1. The second kappa shape index (κ2) is 8.91. The minimum absolute atomic E-state index is 0.0170. The van der Waals surface area contributed by atoms with E-state index in [1.165, 1.54) is 0 Å². The molecule has 6 heteroatoms. The van der Waals surface area contributed by atoms with Gasteiger partial charge in [0.25, 0.3) is 5.91 Å².